The van der Waals surface area contributed by atoms with Crippen LogP contribution < -0.4 is 15.6 Å². The Hall–Kier alpha value is -3.65. The molecule has 1 saturated heterocycles. The number of carbonyl (C=O) groups is 1. The molecular weight excluding hydrogens is 505 g/mol. The lowest BCUT2D eigenvalue weighted by atomic mass is 10.1. The van der Waals surface area contributed by atoms with Crippen LogP contribution in [0.3, 0.4) is 0 Å². The van der Waals surface area contributed by atoms with Crippen LogP contribution in [-0.2, 0) is 0 Å². The molecule has 0 radical (unpaired) electrons. The number of nitrogens with zero attached hydrogens (tertiary/aromatic N) is 4. The SMILES string of the molecule is O=C(N[C@@H](C1CC1)C(F)(F)F)c1cn(-c2ncc(F)cc2F)c2nc(N3C[C@@H](O)[C@H](O)C3)ccc2c1=O. The first-order valence-corrected chi connectivity index (χ1v) is 11.3. The van der Waals surface area contributed by atoms with Gasteiger partial charge < -0.3 is 20.4 Å². The Morgan fingerprint density at radius 1 is 1.14 bits per heavy atom. The summed E-state index contributed by atoms with van der Waals surface area (Å²) in [7, 11) is 0. The Kier molecular flexibility index (Phi) is 6.10. The minimum Gasteiger partial charge on any atom is -0.389 e. The molecule has 2 aliphatic rings. The summed E-state index contributed by atoms with van der Waals surface area (Å²) in [6.07, 6.45) is -4.82. The lowest BCUT2D eigenvalue weighted by molar-refractivity contribution is -0.158. The molecule has 9 nitrogen and oxygen atoms in total. The number of carbonyl (C=O) groups excluding carboxylic acids is 1. The van der Waals surface area contributed by atoms with Crippen LogP contribution in [0.25, 0.3) is 16.9 Å². The third-order valence-corrected chi connectivity index (χ3v) is 6.41. The second-order valence-corrected chi connectivity index (χ2v) is 9.11. The van der Waals surface area contributed by atoms with E-state index in [1.165, 1.54) is 17.0 Å². The van der Waals surface area contributed by atoms with E-state index in [-0.39, 0.29) is 42.8 Å². The lowest BCUT2D eigenvalue weighted by Crippen LogP contribution is -2.48. The lowest BCUT2D eigenvalue weighted by Gasteiger charge is -2.22. The third kappa shape index (κ3) is 4.73. The third-order valence-electron chi connectivity index (χ3n) is 6.41. The Morgan fingerprint density at radius 2 is 1.81 bits per heavy atom. The highest BCUT2D eigenvalue weighted by molar-refractivity contribution is 5.97. The fraction of sp³-hybridized carbons (Fsp3) is 0.391. The van der Waals surface area contributed by atoms with E-state index in [0.717, 1.165) is 10.8 Å². The summed E-state index contributed by atoms with van der Waals surface area (Å²) in [6.45, 7) is 0.0150. The molecule has 196 valence electrons. The van der Waals surface area contributed by atoms with Gasteiger partial charge in [-0.3, -0.25) is 14.2 Å². The Balaban J connectivity index is 1.65. The number of pyridine rings is 3. The van der Waals surface area contributed by atoms with E-state index in [1.807, 2.05) is 5.32 Å². The van der Waals surface area contributed by atoms with Crippen LogP contribution >= 0.6 is 0 Å². The van der Waals surface area contributed by atoms with Crippen molar-refractivity contribution in [3.05, 3.63) is 58.0 Å². The quantitative estimate of drug-likeness (QED) is 0.434. The fourth-order valence-corrected chi connectivity index (χ4v) is 4.35. The molecule has 0 bridgehead atoms. The molecule has 5 rings (SSSR count). The van der Waals surface area contributed by atoms with Crippen molar-refractivity contribution in [1.82, 2.24) is 19.9 Å². The number of nitrogens with one attached hydrogen (secondary N) is 1. The Labute approximate surface area is 205 Å². The summed E-state index contributed by atoms with van der Waals surface area (Å²) in [5.41, 5.74) is -1.89. The van der Waals surface area contributed by atoms with Crippen molar-refractivity contribution in [2.45, 2.75) is 37.3 Å². The second-order valence-electron chi connectivity index (χ2n) is 9.11. The van der Waals surface area contributed by atoms with Gasteiger partial charge in [-0.05, 0) is 30.9 Å². The van der Waals surface area contributed by atoms with Crippen LogP contribution in [0.4, 0.5) is 27.8 Å². The van der Waals surface area contributed by atoms with Gasteiger partial charge in [-0.1, -0.05) is 0 Å². The van der Waals surface area contributed by atoms with Gasteiger partial charge in [0.25, 0.3) is 5.91 Å². The highest BCUT2D eigenvalue weighted by atomic mass is 19.4. The molecule has 1 amide bonds. The van der Waals surface area contributed by atoms with Crippen molar-refractivity contribution in [1.29, 1.82) is 0 Å². The summed E-state index contributed by atoms with van der Waals surface area (Å²) in [4.78, 5) is 35.6. The molecule has 2 fully saturated rings. The summed E-state index contributed by atoms with van der Waals surface area (Å²) in [5, 5.41) is 21.3. The number of aliphatic hydroxyl groups excluding tert-OH is 2. The number of amides is 1. The van der Waals surface area contributed by atoms with Crippen molar-refractivity contribution in [2.75, 3.05) is 18.0 Å². The summed E-state index contributed by atoms with van der Waals surface area (Å²) < 4.78 is 69.6. The second kappa shape index (κ2) is 9.03. The van der Waals surface area contributed by atoms with Crippen LogP contribution in [-0.4, -0.2) is 68.2 Å². The molecule has 1 aliphatic carbocycles. The van der Waals surface area contributed by atoms with Crippen molar-refractivity contribution in [3.63, 3.8) is 0 Å². The number of aliphatic hydroxyl groups is 2. The van der Waals surface area contributed by atoms with Gasteiger partial charge in [0.05, 0.1) is 23.8 Å². The Morgan fingerprint density at radius 3 is 2.41 bits per heavy atom. The van der Waals surface area contributed by atoms with E-state index >= 15 is 0 Å². The zero-order chi connectivity index (χ0) is 26.6. The van der Waals surface area contributed by atoms with E-state index in [9.17, 15) is 41.8 Å². The summed E-state index contributed by atoms with van der Waals surface area (Å²) in [6, 6.07) is 0.958. The Bertz CT molecular complexity index is 1430. The normalized spacial score (nSPS) is 20.9. The molecule has 0 aromatic carbocycles. The fourth-order valence-electron chi connectivity index (χ4n) is 4.35. The average Bonchev–Trinajstić information content (AvgIpc) is 3.61. The van der Waals surface area contributed by atoms with Gasteiger partial charge in [0, 0.05) is 25.4 Å². The van der Waals surface area contributed by atoms with Gasteiger partial charge in [0.15, 0.2) is 17.3 Å². The van der Waals surface area contributed by atoms with Gasteiger partial charge in [-0.15, -0.1) is 0 Å². The highest BCUT2D eigenvalue weighted by Crippen LogP contribution is 2.40. The van der Waals surface area contributed by atoms with E-state index in [4.69, 9.17) is 0 Å². The molecule has 0 unspecified atom stereocenters. The van der Waals surface area contributed by atoms with Crippen LogP contribution in [0.1, 0.15) is 23.2 Å². The molecule has 4 heterocycles. The zero-order valence-corrected chi connectivity index (χ0v) is 18.9. The van der Waals surface area contributed by atoms with Gasteiger partial charge in [0.1, 0.15) is 23.2 Å². The summed E-state index contributed by atoms with van der Waals surface area (Å²) >= 11 is 0. The number of fused-ring (bicyclic) bond motifs is 1. The number of halogens is 5. The first-order valence-electron chi connectivity index (χ1n) is 11.3. The molecular formula is C23H20F5N5O4. The number of alkyl halides is 3. The molecule has 3 N–H and O–H groups in total. The molecule has 14 heteroatoms. The van der Waals surface area contributed by atoms with E-state index in [2.05, 4.69) is 9.97 Å². The van der Waals surface area contributed by atoms with Gasteiger partial charge in [-0.2, -0.15) is 13.2 Å². The van der Waals surface area contributed by atoms with E-state index in [1.54, 1.807) is 0 Å². The molecule has 37 heavy (non-hydrogen) atoms. The van der Waals surface area contributed by atoms with Crippen molar-refractivity contribution < 1.29 is 37.0 Å². The minimum atomic E-state index is -4.74. The van der Waals surface area contributed by atoms with Crippen LogP contribution in [0.15, 0.2) is 35.4 Å². The number of hydrogen-bond donors (Lipinski definition) is 3. The largest absolute Gasteiger partial charge is 0.408 e. The molecule has 1 saturated carbocycles. The van der Waals surface area contributed by atoms with Gasteiger partial charge in [0.2, 0.25) is 5.43 Å². The highest BCUT2D eigenvalue weighted by Gasteiger charge is 2.50. The zero-order valence-electron chi connectivity index (χ0n) is 18.9. The average molecular weight is 525 g/mol. The van der Waals surface area contributed by atoms with Crippen LogP contribution in [0.5, 0.6) is 0 Å². The molecule has 1 aliphatic heterocycles. The van der Waals surface area contributed by atoms with Crippen molar-refractivity contribution in [2.24, 2.45) is 5.92 Å². The van der Waals surface area contributed by atoms with Gasteiger partial charge in [-0.25, -0.2) is 18.7 Å². The molecule has 3 atom stereocenters. The number of rotatable bonds is 5. The number of β-amino-alcohol motifs (C(OH)–C–C–N with tert-alkyl or cyclic N) is 2. The number of hydrogen-bond acceptors (Lipinski definition) is 7. The van der Waals surface area contributed by atoms with E-state index in [0.29, 0.717) is 12.3 Å². The van der Waals surface area contributed by atoms with Gasteiger partial charge >= 0.3 is 6.18 Å². The first kappa shape index (κ1) is 25.0. The topological polar surface area (TPSA) is 121 Å². The maximum atomic E-state index is 14.7. The minimum absolute atomic E-state index is 0.00749. The predicted molar refractivity (Wildman–Crippen MR) is 119 cm³/mol. The van der Waals surface area contributed by atoms with Crippen molar-refractivity contribution >= 4 is 22.8 Å². The molecule has 3 aromatic heterocycles. The monoisotopic (exact) mass is 525 g/mol. The van der Waals surface area contributed by atoms with Crippen LogP contribution in [0.2, 0.25) is 0 Å². The number of aromatic nitrogens is 3. The maximum absolute atomic E-state index is 14.7. The van der Waals surface area contributed by atoms with Crippen LogP contribution in [0, 0.1) is 17.6 Å². The molecule has 0 spiro atoms. The summed E-state index contributed by atoms with van der Waals surface area (Å²) in [5.74, 6) is -4.68. The predicted octanol–water partition coefficient (Wildman–Crippen LogP) is 1.67. The smallest absolute Gasteiger partial charge is 0.389 e. The van der Waals surface area contributed by atoms with Crippen molar-refractivity contribution in [3.8, 4) is 5.82 Å². The van der Waals surface area contributed by atoms with E-state index < -0.39 is 64.7 Å². The first-order chi connectivity index (χ1) is 17.4. The maximum Gasteiger partial charge on any atom is 0.408 e. The standard InChI is InChI=1S/C23H20F5N5O4/c24-11-5-14(25)21(29-6-11)33-7-13(22(37)31-19(10-1-2-10)23(26,27)28)18(36)12-3-4-17(30-20(12)33)32-8-15(34)16(35)9-32/h3-7,10,15-16,19,34-35H,1-2,8-9H2,(H,31,37)/t15-,16-,19+/m1/s1. The number of anilines is 1. The molecule has 3 aromatic rings.